The molecule has 51 valence electrons. The monoisotopic (exact) mass is 371 g/mol. The fraction of sp³-hybridized carbons (Fsp3) is 0.286. The Morgan fingerprint density at radius 1 is 0.909 bits per heavy atom. The van der Waals surface area contributed by atoms with Crippen molar-refractivity contribution in [3.8, 4) is 0 Å². The summed E-state index contributed by atoms with van der Waals surface area (Å²) < 4.78 is 0. The second-order valence-electron chi connectivity index (χ2n) is 1.71. The molecule has 0 saturated heterocycles. The quantitative estimate of drug-likeness (QED) is 0.623. The molecule has 0 amide bonds. The van der Waals surface area contributed by atoms with Crippen molar-refractivity contribution < 1.29 is 98.1 Å². The molecule has 0 N–H and O–H groups in total. The fourth-order valence-electron chi connectivity index (χ4n) is 0.533. The van der Waals surface area contributed by atoms with Gasteiger partial charge in [0.25, 0.3) is 0 Å². The van der Waals surface area contributed by atoms with Gasteiger partial charge in [-0.25, -0.2) is 0 Å². The van der Waals surface area contributed by atoms with Gasteiger partial charge in [0.2, 0.25) is 0 Å². The third kappa shape index (κ3) is 8.78. The smallest absolute Gasteiger partial charge is 0 e. The molecule has 0 aliphatic heterocycles. The van der Waals surface area contributed by atoms with Crippen LogP contribution in [0.2, 0.25) is 0 Å². The molecule has 0 aliphatic carbocycles. The summed E-state index contributed by atoms with van der Waals surface area (Å²) in [5, 5.41) is 0. The molecule has 3 radical (unpaired) electrons. The molecule has 0 fully saturated rings. The molecule has 0 aliphatic rings. The number of nitrogens with zero attached hydrogens (tertiary/aromatic N) is 1. The van der Waals surface area contributed by atoms with Gasteiger partial charge in [0.15, 0.2) is 0 Å². The molecule has 1 aromatic rings. The molecule has 1 rings (SSSR count). The number of aromatic nitrogens is 1. The van der Waals surface area contributed by atoms with E-state index in [0.717, 1.165) is 11.1 Å². The summed E-state index contributed by atoms with van der Waals surface area (Å²) in [7, 11) is 0. The van der Waals surface area contributed by atoms with E-state index in [1.54, 1.807) is 0 Å². The van der Waals surface area contributed by atoms with Crippen molar-refractivity contribution in [3.05, 3.63) is 29.6 Å². The van der Waals surface area contributed by atoms with E-state index < -0.39 is 0 Å². The molecular formula is C7H6NY3-3. The topological polar surface area (TPSA) is 12.9 Å². The Balaban J connectivity index is -0.000000213. The van der Waals surface area contributed by atoms with Crippen LogP contribution >= 0.6 is 0 Å². The maximum atomic E-state index is 3.70. The summed E-state index contributed by atoms with van der Waals surface area (Å²) in [5.74, 6) is 0. The van der Waals surface area contributed by atoms with Crippen molar-refractivity contribution in [1.82, 2.24) is 4.98 Å². The number of hydrogen-bond donors (Lipinski definition) is 0. The summed E-state index contributed by atoms with van der Waals surface area (Å²) in [6.45, 7) is 3.82. The maximum Gasteiger partial charge on any atom is 0 e. The molecule has 0 bridgehead atoms. The largest absolute Gasteiger partial charge is 0.680 e. The minimum Gasteiger partial charge on any atom is -0.680 e. The van der Waals surface area contributed by atoms with Crippen LogP contribution in [-0.4, -0.2) is 4.98 Å². The van der Waals surface area contributed by atoms with E-state index in [1.807, 2.05) is 13.8 Å². The Morgan fingerprint density at radius 2 is 1.27 bits per heavy atom. The molecule has 1 heterocycles. The van der Waals surface area contributed by atoms with Crippen LogP contribution in [0.25, 0.3) is 0 Å². The first kappa shape index (κ1) is 19.1. The molecule has 1 aromatic heterocycles. The van der Waals surface area contributed by atoms with E-state index in [0.29, 0.717) is 0 Å². The van der Waals surface area contributed by atoms with Crippen LogP contribution in [0.3, 0.4) is 0 Å². The Labute approximate surface area is 144 Å². The van der Waals surface area contributed by atoms with Crippen LogP contribution < -0.4 is 0 Å². The average molecular weight is 371 g/mol. The predicted molar refractivity (Wildman–Crippen MR) is 30.2 cm³/mol. The normalized spacial score (nSPS) is 6.73. The summed E-state index contributed by atoms with van der Waals surface area (Å²) in [6.07, 6.45) is 5.42. The van der Waals surface area contributed by atoms with Crippen molar-refractivity contribution in [2.45, 2.75) is 13.8 Å². The maximum absolute atomic E-state index is 3.70. The van der Waals surface area contributed by atoms with Crippen molar-refractivity contribution in [1.29, 1.82) is 0 Å². The van der Waals surface area contributed by atoms with Gasteiger partial charge >= 0.3 is 0 Å². The Bertz CT molecular complexity index is 174. The molecule has 0 saturated carbocycles. The van der Waals surface area contributed by atoms with Gasteiger partial charge in [-0.05, 0) is 0 Å². The van der Waals surface area contributed by atoms with E-state index in [-0.39, 0.29) is 98.1 Å². The van der Waals surface area contributed by atoms with Crippen LogP contribution in [-0.2, 0) is 98.1 Å². The molecule has 1 nitrogen and oxygen atoms in total. The second kappa shape index (κ2) is 10.5. The van der Waals surface area contributed by atoms with Gasteiger partial charge in [-0.3, -0.25) is 0 Å². The van der Waals surface area contributed by atoms with E-state index in [1.165, 1.54) is 0 Å². The van der Waals surface area contributed by atoms with Gasteiger partial charge in [-0.1, -0.05) is 0 Å². The number of aryl methyl sites for hydroxylation is 2. The number of rotatable bonds is 0. The van der Waals surface area contributed by atoms with Crippen LogP contribution in [0.4, 0.5) is 0 Å². The van der Waals surface area contributed by atoms with Gasteiger partial charge in [0, 0.05) is 98.1 Å². The predicted octanol–water partition coefficient (Wildman–Crippen LogP) is 1.09. The first-order chi connectivity index (χ1) is 3.79. The van der Waals surface area contributed by atoms with Crippen LogP contribution in [0, 0.1) is 32.3 Å². The minimum absolute atomic E-state index is 0. The Morgan fingerprint density at radius 3 is 1.45 bits per heavy atom. The van der Waals surface area contributed by atoms with Crippen molar-refractivity contribution in [3.63, 3.8) is 0 Å². The van der Waals surface area contributed by atoms with Crippen LogP contribution in [0.5, 0.6) is 0 Å². The van der Waals surface area contributed by atoms with E-state index in [2.05, 4.69) is 23.4 Å². The summed E-state index contributed by atoms with van der Waals surface area (Å²) in [6, 6.07) is 3.00. The van der Waals surface area contributed by atoms with Crippen LogP contribution in [0.15, 0.2) is 0 Å². The van der Waals surface area contributed by atoms with E-state index in [9.17, 15) is 0 Å². The zero-order chi connectivity index (χ0) is 5.98. The van der Waals surface area contributed by atoms with Gasteiger partial charge in [-0.15, -0.1) is 13.8 Å². The number of pyridine rings is 1. The van der Waals surface area contributed by atoms with Gasteiger partial charge in [-0.2, -0.15) is 0 Å². The van der Waals surface area contributed by atoms with E-state index >= 15 is 0 Å². The molecule has 0 atom stereocenters. The van der Waals surface area contributed by atoms with E-state index in [4.69, 9.17) is 0 Å². The van der Waals surface area contributed by atoms with Crippen molar-refractivity contribution >= 4 is 0 Å². The summed E-state index contributed by atoms with van der Waals surface area (Å²) in [5.41, 5.74) is 1.89. The third-order valence-corrected chi connectivity index (χ3v) is 0.822. The Kier molecular flexibility index (Phi) is 18.3. The fourth-order valence-corrected chi connectivity index (χ4v) is 0.533. The van der Waals surface area contributed by atoms with Gasteiger partial charge in [0.05, 0.1) is 0 Å². The standard InChI is InChI=1S/C7H6N.3Y/c1-6-3-7(2)5-8-4-6;;;/h1-2H3;;;/q-3;;;. The second-order valence-corrected chi connectivity index (χ2v) is 1.71. The molecule has 4 heteroatoms. The minimum atomic E-state index is 0. The Hall–Kier alpha value is 2.46. The zero-order valence-corrected chi connectivity index (χ0v) is 15.2. The zero-order valence-electron chi connectivity index (χ0n) is 6.68. The van der Waals surface area contributed by atoms with Crippen molar-refractivity contribution in [2.24, 2.45) is 0 Å². The van der Waals surface area contributed by atoms with Crippen molar-refractivity contribution in [2.75, 3.05) is 0 Å². The van der Waals surface area contributed by atoms with Gasteiger partial charge in [0.1, 0.15) is 0 Å². The molecule has 0 unspecified atom stereocenters. The molecular weight excluding hydrogens is 365 g/mol. The summed E-state index contributed by atoms with van der Waals surface area (Å²) in [4.78, 5) is 3.70. The summed E-state index contributed by atoms with van der Waals surface area (Å²) >= 11 is 0. The first-order valence-electron chi connectivity index (χ1n) is 2.45. The van der Waals surface area contributed by atoms with Gasteiger partial charge < -0.3 is 34.6 Å². The third-order valence-electron chi connectivity index (χ3n) is 0.822. The average Bonchev–Trinajstić information content (AvgIpc) is 1.64. The molecule has 0 aromatic carbocycles. The molecule has 11 heavy (non-hydrogen) atoms. The molecule has 0 spiro atoms. The van der Waals surface area contributed by atoms with Crippen LogP contribution in [0.1, 0.15) is 11.1 Å². The first-order valence-corrected chi connectivity index (χ1v) is 2.45. The SMILES string of the molecule is Cc1[c-]n[c-]c(C)[c-]1.[Y].[Y].[Y]. The number of hydrogen-bond acceptors (Lipinski definition) is 1.